The molecule has 3 aliphatic rings. The first-order valence-electron chi connectivity index (χ1n) is 11.9. The van der Waals surface area contributed by atoms with Gasteiger partial charge in [-0.1, -0.05) is 42.5 Å². The number of ether oxygens (including phenoxy) is 3. The van der Waals surface area contributed by atoms with Crippen LogP contribution in [0.2, 0.25) is 0 Å². The molecule has 0 fully saturated rings. The Morgan fingerprint density at radius 3 is 2.53 bits per heavy atom. The zero-order valence-corrected chi connectivity index (χ0v) is 20.3. The second-order valence-electron chi connectivity index (χ2n) is 8.71. The van der Waals surface area contributed by atoms with Crippen molar-refractivity contribution in [2.45, 2.75) is 32.0 Å². The molecule has 38 heavy (non-hydrogen) atoms. The molecule has 2 aromatic rings. The Balaban J connectivity index is 1.60. The van der Waals surface area contributed by atoms with Gasteiger partial charge in [-0.2, -0.15) is 0 Å². The number of hydrogen-bond acceptors (Lipinski definition) is 7. The normalized spacial score (nSPS) is 20.0. The van der Waals surface area contributed by atoms with Crippen molar-refractivity contribution in [3.63, 3.8) is 0 Å². The van der Waals surface area contributed by atoms with Crippen LogP contribution in [0.4, 0.5) is 4.39 Å². The molecule has 0 saturated heterocycles. The molecule has 3 heterocycles. The van der Waals surface area contributed by atoms with Crippen molar-refractivity contribution in [1.29, 1.82) is 0 Å². The average Bonchev–Trinajstić information content (AvgIpc) is 2.92. The quantitative estimate of drug-likeness (QED) is 0.421. The number of nitrogens with zero attached hydrogens (tertiary/aromatic N) is 2. The Hall–Kier alpha value is -4.73. The molecule has 0 spiro atoms. The summed E-state index contributed by atoms with van der Waals surface area (Å²) >= 11 is 0. The van der Waals surface area contributed by atoms with E-state index >= 15 is 0 Å². The third-order valence-corrected chi connectivity index (χ3v) is 6.25. The van der Waals surface area contributed by atoms with Gasteiger partial charge in [0.25, 0.3) is 5.91 Å². The number of carboxylic acid groups (broad SMARTS) is 1. The van der Waals surface area contributed by atoms with Gasteiger partial charge in [0.05, 0.1) is 12.8 Å². The maximum atomic E-state index is 13.7. The lowest BCUT2D eigenvalue weighted by atomic mass is 9.87. The van der Waals surface area contributed by atoms with E-state index in [-0.39, 0.29) is 36.7 Å². The van der Waals surface area contributed by atoms with E-state index in [1.54, 1.807) is 19.1 Å². The van der Waals surface area contributed by atoms with Crippen molar-refractivity contribution in [1.82, 2.24) is 4.90 Å². The summed E-state index contributed by atoms with van der Waals surface area (Å²) in [5.41, 5.74) is 1.68. The zero-order chi connectivity index (χ0) is 26.8. The van der Waals surface area contributed by atoms with Crippen LogP contribution in [0.1, 0.15) is 18.1 Å². The Kier molecular flexibility index (Phi) is 6.78. The molecule has 3 aliphatic heterocycles. The highest BCUT2D eigenvalue weighted by Crippen LogP contribution is 2.40. The zero-order valence-electron chi connectivity index (χ0n) is 20.3. The predicted molar refractivity (Wildman–Crippen MR) is 132 cm³/mol. The molecular formula is C28H23FN2O7. The summed E-state index contributed by atoms with van der Waals surface area (Å²) in [4.78, 5) is 44.3. The van der Waals surface area contributed by atoms with E-state index in [0.29, 0.717) is 5.57 Å². The lowest BCUT2D eigenvalue weighted by Gasteiger charge is -2.43. The van der Waals surface area contributed by atoms with Gasteiger partial charge in [0.2, 0.25) is 5.76 Å². The molecule has 1 amide bonds. The van der Waals surface area contributed by atoms with E-state index in [2.05, 4.69) is 4.99 Å². The third kappa shape index (κ3) is 4.68. The number of rotatable bonds is 8. The number of carbonyl (C=O) groups excluding carboxylic acids is 2. The molecule has 2 unspecified atom stereocenters. The van der Waals surface area contributed by atoms with Crippen LogP contribution in [0.3, 0.4) is 0 Å². The van der Waals surface area contributed by atoms with Crippen molar-refractivity contribution in [3.05, 3.63) is 106 Å². The smallest absolute Gasteiger partial charge is 0.373 e. The molecule has 10 heteroatoms. The predicted octanol–water partition coefficient (Wildman–Crippen LogP) is 3.28. The molecule has 0 aliphatic carbocycles. The monoisotopic (exact) mass is 518 g/mol. The Labute approximate surface area is 217 Å². The highest BCUT2D eigenvalue weighted by atomic mass is 19.1. The van der Waals surface area contributed by atoms with Crippen molar-refractivity contribution in [3.8, 4) is 0 Å². The van der Waals surface area contributed by atoms with Gasteiger partial charge in [-0.05, 0) is 30.2 Å². The molecule has 1 N–H and O–H groups in total. The standard InChI is InChI=1S/C28H23FN2O7/c1-2-36-28(35)21-25(37-15-17-6-4-3-5-7-17)22-23-24(38-20(27(33)34)14-31(23)26(21)32)18(13-30-22)12-16-8-10-19(29)11-9-16/h3-11,13-14,22-23H,2,12,15H2,1H3,(H,33,34). The number of halogens is 1. The van der Waals surface area contributed by atoms with E-state index in [4.69, 9.17) is 14.2 Å². The van der Waals surface area contributed by atoms with E-state index in [1.807, 2.05) is 30.3 Å². The number of carbonyl (C=O) groups is 3. The first kappa shape index (κ1) is 24.9. The number of hydrogen-bond donors (Lipinski definition) is 1. The first-order chi connectivity index (χ1) is 18.4. The number of esters is 1. The van der Waals surface area contributed by atoms with Crippen LogP contribution in [-0.2, 0) is 41.6 Å². The fraction of sp³-hybridized carbons (Fsp3) is 0.214. The van der Waals surface area contributed by atoms with Crippen LogP contribution in [0, 0.1) is 5.82 Å². The average molecular weight is 518 g/mol. The lowest BCUT2D eigenvalue weighted by Crippen LogP contribution is -2.55. The van der Waals surface area contributed by atoms with Gasteiger partial charge in [-0.3, -0.25) is 14.7 Å². The minimum Gasteiger partial charge on any atom is -0.490 e. The molecule has 2 aromatic carbocycles. The van der Waals surface area contributed by atoms with Gasteiger partial charge in [0.1, 0.15) is 36.0 Å². The lowest BCUT2D eigenvalue weighted by molar-refractivity contribution is -0.144. The van der Waals surface area contributed by atoms with Gasteiger partial charge < -0.3 is 19.3 Å². The van der Waals surface area contributed by atoms with Crippen LogP contribution >= 0.6 is 0 Å². The molecule has 0 radical (unpaired) electrons. The molecule has 2 atom stereocenters. The number of allylic oxidation sites excluding steroid dienone is 1. The molecule has 194 valence electrons. The minimum absolute atomic E-state index is 0.0175. The Morgan fingerprint density at radius 2 is 1.84 bits per heavy atom. The van der Waals surface area contributed by atoms with E-state index in [1.165, 1.54) is 18.3 Å². The summed E-state index contributed by atoms with van der Waals surface area (Å²) in [7, 11) is 0. The number of aliphatic imine (C=N–C) groups is 1. The number of carboxylic acids is 1. The van der Waals surface area contributed by atoms with E-state index in [0.717, 1.165) is 22.2 Å². The molecule has 9 nitrogen and oxygen atoms in total. The van der Waals surface area contributed by atoms with Crippen LogP contribution < -0.4 is 0 Å². The Morgan fingerprint density at radius 1 is 1.11 bits per heavy atom. The summed E-state index contributed by atoms with van der Waals surface area (Å²) in [6.45, 7) is 1.69. The highest BCUT2D eigenvalue weighted by Gasteiger charge is 2.51. The van der Waals surface area contributed by atoms with Crippen molar-refractivity contribution in [2.75, 3.05) is 6.61 Å². The van der Waals surface area contributed by atoms with Crippen LogP contribution in [0.25, 0.3) is 0 Å². The Bertz CT molecular complexity index is 1410. The summed E-state index contributed by atoms with van der Waals surface area (Å²) < 4.78 is 30.4. The largest absolute Gasteiger partial charge is 0.490 e. The second-order valence-corrected chi connectivity index (χ2v) is 8.71. The van der Waals surface area contributed by atoms with Crippen molar-refractivity contribution < 1.29 is 38.1 Å². The van der Waals surface area contributed by atoms with Gasteiger partial charge in [-0.25, -0.2) is 14.0 Å². The number of aliphatic carboxylic acids is 1. The van der Waals surface area contributed by atoms with E-state index < -0.39 is 41.5 Å². The fourth-order valence-electron chi connectivity index (χ4n) is 4.52. The topological polar surface area (TPSA) is 115 Å². The van der Waals surface area contributed by atoms with Gasteiger partial charge in [-0.15, -0.1) is 0 Å². The van der Waals surface area contributed by atoms with Gasteiger partial charge >= 0.3 is 11.9 Å². The summed E-state index contributed by atoms with van der Waals surface area (Å²) in [5.74, 6) is -3.76. The number of benzene rings is 2. The molecular weight excluding hydrogens is 495 g/mol. The first-order valence-corrected chi connectivity index (χ1v) is 11.9. The molecule has 0 saturated carbocycles. The summed E-state index contributed by atoms with van der Waals surface area (Å²) in [6, 6.07) is 13.2. The van der Waals surface area contributed by atoms with Gasteiger partial charge in [0, 0.05) is 18.2 Å². The van der Waals surface area contributed by atoms with E-state index in [9.17, 15) is 23.9 Å². The SMILES string of the molecule is CCOC(=O)C1=C(OCc2ccccc2)C2N=CC(Cc3ccc(F)cc3)=C3OC(C(=O)O)=CN(C1=O)C32. The molecule has 0 aromatic heterocycles. The highest BCUT2D eigenvalue weighted by molar-refractivity contribution is 6.18. The van der Waals surface area contributed by atoms with Crippen LogP contribution in [0.5, 0.6) is 0 Å². The van der Waals surface area contributed by atoms with Gasteiger partial charge in [0.15, 0.2) is 5.57 Å². The summed E-state index contributed by atoms with van der Waals surface area (Å²) in [6.07, 6.45) is 2.80. The third-order valence-electron chi connectivity index (χ3n) is 6.25. The minimum atomic E-state index is -1.39. The second kappa shape index (κ2) is 10.3. The number of amides is 1. The van der Waals surface area contributed by atoms with Crippen LogP contribution in [0.15, 0.2) is 94.2 Å². The maximum absolute atomic E-state index is 13.7. The molecule has 5 rings (SSSR count). The van der Waals surface area contributed by atoms with Crippen molar-refractivity contribution in [2.24, 2.45) is 4.99 Å². The molecule has 0 bridgehead atoms. The maximum Gasteiger partial charge on any atom is 0.373 e. The van der Waals surface area contributed by atoms with Crippen molar-refractivity contribution >= 4 is 24.1 Å². The van der Waals surface area contributed by atoms with Crippen LogP contribution in [-0.4, -0.2) is 52.8 Å². The fourth-order valence-corrected chi connectivity index (χ4v) is 4.52. The summed E-state index contributed by atoms with van der Waals surface area (Å²) in [5, 5.41) is 9.68. The number of dihydropyridines is 1.